The van der Waals surface area contributed by atoms with Gasteiger partial charge in [0.25, 0.3) is 0 Å². The first kappa shape index (κ1) is 16.0. The number of aromatic nitrogens is 5. The highest BCUT2D eigenvalue weighted by molar-refractivity contribution is 5.60. The number of rotatable bonds is 6. The lowest BCUT2D eigenvalue weighted by molar-refractivity contribution is 0.921. The van der Waals surface area contributed by atoms with E-state index in [1.165, 1.54) is 0 Å². The van der Waals surface area contributed by atoms with Crippen molar-refractivity contribution in [1.82, 2.24) is 24.6 Å². The van der Waals surface area contributed by atoms with Gasteiger partial charge < -0.3 is 10.6 Å². The van der Waals surface area contributed by atoms with Gasteiger partial charge in [0.05, 0.1) is 6.20 Å². The van der Waals surface area contributed by atoms with Crippen LogP contribution in [0.25, 0.3) is 5.65 Å². The highest BCUT2D eigenvalue weighted by atomic mass is 15.3. The Bertz CT molecular complexity index is 997. The number of hydrogen-bond acceptors (Lipinski definition) is 6. The molecule has 130 valence electrons. The summed E-state index contributed by atoms with van der Waals surface area (Å²) in [6, 6.07) is 9.89. The second kappa shape index (κ2) is 7.18. The molecule has 0 saturated heterocycles. The summed E-state index contributed by atoms with van der Waals surface area (Å²) in [7, 11) is 0. The molecule has 0 aliphatic carbocycles. The first-order valence-corrected chi connectivity index (χ1v) is 8.40. The summed E-state index contributed by atoms with van der Waals surface area (Å²) in [6.45, 7) is 3.32. The van der Waals surface area contributed by atoms with Gasteiger partial charge in [-0.2, -0.15) is 9.61 Å². The third-order valence-corrected chi connectivity index (χ3v) is 4.04. The summed E-state index contributed by atoms with van der Waals surface area (Å²) in [5.41, 5.74) is 4.06. The molecule has 0 radical (unpaired) electrons. The van der Waals surface area contributed by atoms with Crippen molar-refractivity contribution in [3.05, 3.63) is 78.0 Å². The minimum Gasteiger partial charge on any atom is -0.366 e. The topological polar surface area (TPSA) is 80.0 Å². The van der Waals surface area contributed by atoms with E-state index >= 15 is 0 Å². The maximum atomic E-state index is 4.68. The van der Waals surface area contributed by atoms with Crippen molar-refractivity contribution in [3.8, 4) is 0 Å². The van der Waals surface area contributed by atoms with Gasteiger partial charge in [0, 0.05) is 49.5 Å². The van der Waals surface area contributed by atoms with Crippen LogP contribution in [0.1, 0.15) is 16.7 Å². The third kappa shape index (κ3) is 3.46. The predicted molar refractivity (Wildman–Crippen MR) is 101 cm³/mol. The van der Waals surface area contributed by atoms with Gasteiger partial charge >= 0.3 is 0 Å². The van der Waals surface area contributed by atoms with Crippen molar-refractivity contribution < 1.29 is 0 Å². The van der Waals surface area contributed by atoms with Crippen LogP contribution in [0.4, 0.5) is 11.6 Å². The molecule has 7 heteroatoms. The van der Waals surface area contributed by atoms with Crippen LogP contribution in [-0.2, 0) is 13.1 Å². The van der Waals surface area contributed by atoms with E-state index in [0.29, 0.717) is 13.1 Å². The summed E-state index contributed by atoms with van der Waals surface area (Å²) >= 11 is 0. The minimum atomic E-state index is 0.659. The average molecular weight is 345 g/mol. The molecule has 26 heavy (non-hydrogen) atoms. The second-order valence-electron chi connectivity index (χ2n) is 6.02. The first-order valence-electron chi connectivity index (χ1n) is 8.40. The lowest BCUT2D eigenvalue weighted by Gasteiger charge is -2.12. The van der Waals surface area contributed by atoms with Gasteiger partial charge in [-0.25, -0.2) is 4.98 Å². The van der Waals surface area contributed by atoms with E-state index in [1.54, 1.807) is 12.4 Å². The van der Waals surface area contributed by atoms with E-state index in [1.807, 2.05) is 60.4 Å². The van der Waals surface area contributed by atoms with Crippen LogP contribution in [-0.4, -0.2) is 24.6 Å². The molecule has 0 bridgehead atoms. The van der Waals surface area contributed by atoms with E-state index < -0.39 is 0 Å². The highest BCUT2D eigenvalue weighted by Crippen LogP contribution is 2.19. The van der Waals surface area contributed by atoms with E-state index in [0.717, 1.165) is 34.0 Å². The number of anilines is 2. The SMILES string of the molecule is Cc1cnn2c(NCc3cccnc3)cc(NCc3cccnc3)nc12. The van der Waals surface area contributed by atoms with Crippen molar-refractivity contribution >= 4 is 17.3 Å². The van der Waals surface area contributed by atoms with Crippen LogP contribution in [0.2, 0.25) is 0 Å². The lowest BCUT2D eigenvalue weighted by atomic mass is 10.3. The van der Waals surface area contributed by atoms with Crippen LogP contribution in [0, 0.1) is 6.92 Å². The molecule has 0 aromatic carbocycles. The van der Waals surface area contributed by atoms with Crippen molar-refractivity contribution in [1.29, 1.82) is 0 Å². The normalized spacial score (nSPS) is 10.8. The molecule has 0 saturated carbocycles. The average Bonchev–Trinajstić information content (AvgIpc) is 3.07. The Kier molecular flexibility index (Phi) is 4.42. The van der Waals surface area contributed by atoms with Gasteiger partial charge in [-0.1, -0.05) is 12.1 Å². The fraction of sp³-hybridized carbons (Fsp3) is 0.158. The van der Waals surface area contributed by atoms with E-state index in [-0.39, 0.29) is 0 Å². The summed E-state index contributed by atoms with van der Waals surface area (Å²) in [4.78, 5) is 13.0. The largest absolute Gasteiger partial charge is 0.366 e. The van der Waals surface area contributed by atoms with Gasteiger partial charge in [0.1, 0.15) is 11.6 Å². The minimum absolute atomic E-state index is 0.659. The van der Waals surface area contributed by atoms with Gasteiger partial charge in [-0.3, -0.25) is 9.97 Å². The van der Waals surface area contributed by atoms with Crippen LogP contribution in [0.15, 0.2) is 61.3 Å². The molecule has 0 aliphatic heterocycles. The number of pyridine rings is 2. The van der Waals surface area contributed by atoms with E-state index in [2.05, 4.69) is 30.7 Å². The van der Waals surface area contributed by atoms with Crippen molar-refractivity contribution in [2.24, 2.45) is 0 Å². The first-order chi connectivity index (χ1) is 12.8. The Balaban J connectivity index is 1.59. The highest BCUT2D eigenvalue weighted by Gasteiger charge is 2.09. The molecule has 0 amide bonds. The fourth-order valence-electron chi connectivity index (χ4n) is 2.68. The Hall–Kier alpha value is -3.48. The van der Waals surface area contributed by atoms with Crippen molar-refractivity contribution in [3.63, 3.8) is 0 Å². The number of fused-ring (bicyclic) bond motifs is 1. The lowest BCUT2D eigenvalue weighted by Crippen LogP contribution is -2.09. The Morgan fingerprint density at radius 1 is 0.923 bits per heavy atom. The molecule has 0 unspecified atom stereocenters. The Labute approximate surface area is 151 Å². The van der Waals surface area contributed by atoms with Gasteiger partial charge in [-0.05, 0) is 30.2 Å². The van der Waals surface area contributed by atoms with Gasteiger partial charge in [0.15, 0.2) is 5.65 Å². The van der Waals surface area contributed by atoms with E-state index in [4.69, 9.17) is 0 Å². The molecule has 0 aliphatic rings. The molecule has 0 atom stereocenters. The summed E-state index contributed by atoms with van der Waals surface area (Å²) in [5.74, 6) is 1.67. The number of aryl methyl sites for hydroxylation is 1. The summed E-state index contributed by atoms with van der Waals surface area (Å²) < 4.78 is 1.82. The third-order valence-electron chi connectivity index (χ3n) is 4.04. The summed E-state index contributed by atoms with van der Waals surface area (Å²) in [5, 5.41) is 11.2. The Morgan fingerprint density at radius 2 is 1.62 bits per heavy atom. The number of hydrogen-bond donors (Lipinski definition) is 2. The molecule has 0 spiro atoms. The standard InChI is InChI=1S/C19H19N7/c1-14-9-24-26-18(23-13-16-5-3-7-21-11-16)8-17(25-19(14)26)22-12-15-4-2-6-20-10-15/h2-11,23H,12-13H2,1H3,(H,22,25). The fourth-order valence-corrected chi connectivity index (χ4v) is 2.68. The molecule has 0 fully saturated rings. The Morgan fingerprint density at radius 3 is 2.27 bits per heavy atom. The smallest absolute Gasteiger partial charge is 0.162 e. The maximum absolute atomic E-state index is 4.68. The van der Waals surface area contributed by atoms with Gasteiger partial charge in [0.2, 0.25) is 0 Å². The van der Waals surface area contributed by atoms with Crippen LogP contribution < -0.4 is 10.6 Å². The molecule has 2 N–H and O–H groups in total. The zero-order chi connectivity index (χ0) is 17.8. The van der Waals surface area contributed by atoms with Gasteiger partial charge in [-0.15, -0.1) is 0 Å². The zero-order valence-corrected chi connectivity index (χ0v) is 14.4. The molecular formula is C19H19N7. The monoisotopic (exact) mass is 345 g/mol. The summed E-state index contributed by atoms with van der Waals surface area (Å²) in [6.07, 6.45) is 9.05. The molecule has 4 heterocycles. The molecule has 7 nitrogen and oxygen atoms in total. The molecule has 4 rings (SSSR count). The molecule has 4 aromatic heterocycles. The van der Waals surface area contributed by atoms with Crippen molar-refractivity contribution in [2.75, 3.05) is 10.6 Å². The van der Waals surface area contributed by atoms with Crippen LogP contribution in [0.3, 0.4) is 0 Å². The molecular weight excluding hydrogens is 326 g/mol. The number of nitrogens with zero attached hydrogens (tertiary/aromatic N) is 5. The predicted octanol–water partition coefficient (Wildman–Crippen LogP) is 3.05. The zero-order valence-electron chi connectivity index (χ0n) is 14.4. The second-order valence-corrected chi connectivity index (χ2v) is 6.02. The van der Waals surface area contributed by atoms with E-state index in [9.17, 15) is 0 Å². The van der Waals surface area contributed by atoms with Crippen LogP contribution >= 0.6 is 0 Å². The quantitative estimate of drug-likeness (QED) is 0.559. The van der Waals surface area contributed by atoms with Crippen molar-refractivity contribution in [2.45, 2.75) is 20.0 Å². The van der Waals surface area contributed by atoms with Crippen LogP contribution in [0.5, 0.6) is 0 Å². The molecule has 4 aromatic rings. The number of nitrogens with one attached hydrogen (secondary N) is 2. The maximum Gasteiger partial charge on any atom is 0.162 e.